The average Bonchev–Trinajstić information content (AvgIpc) is 2.27. The van der Waals surface area contributed by atoms with Crippen molar-refractivity contribution in [2.75, 3.05) is 13.7 Å². The Morgan fingerprint density at radius 3 is 2.73 bits per heavy atom. The number of nitrogens with one attached hydrogen (secondary N) is 1. The van der Waals surface area contributed by atoms with Crippen LogP contribution in [0.15, 0.2) is 24.3 Å². The summed E-state index contributed by atoms with van der Waals surface area (Å²) in [6.45, 7) is 4.78. The standard InChI is InChI=1S/C12H19NO2/c1-12(2,9-14)13-8-10-5-4-6-11(7-10)15-3/h4-7,13-14H,8-9H2,1-3H3. The van der Waals surface area contributed by atoms with Gasteiger partial charge in [0.2, 0.25) is 0 Å². The van der Waals surface area contributed by atoms with Gasteiger partial charge in [-0.25, -0.2) is 0 Å². The van der Waals surface area contributed by atoms with E-state index < -0.39 is 0 Å². The van der Waals surface area contributed by atoms with Crippen molar-refractivity contribution in [1.82, 2.24) is 5.32 Å². The van der Waals surface area contributed by atoms with Crippen molar-refractivity contribution in [3.63, 3.8) is 0 Å². The molecular weight excluding hydrogens is 190 g/mol. The second-order valence-corrected chi connectivity index (χ2v) is 4.25. The summed E-state index contributed by atoms with van der Waals surface area (Å²) in [5.74, 6) is 0.858. The van der Waals surface area contributed by atoms with E-state index in [-0.39, 0.29) is 12.1 Å². The van der Waals surface area contributed by atoms with Gasteiger partial charge in [0.1, 0.15) is 5.75 Å². The van der Waals surface area contributed by atoms with Crippen LogP contribution in [0, 0.1) is 0 Å². The number of aliphatic hydroxyl groups is 1. The highest BCUT2D eigenvalue weighted by atomic mass is 16.5. The first-order valence-electron chi connectivity index (χ1n) is 5.06. The van der Waals surface area contributed by atoms with Crippen molar-refractivity contribution in [3.8, 4) is 5.75 Å². The number of methoxy groups -OCH3 is 1. The minimum atomic E-state index is -0.247. The van der Waals surface area contributed by atoms with E-state index in [0.29, 0.717) is 0 Å². The SMILES string of the molecule is COc1cccc(CNC(C)(C)CO)c1. The highest BCUT2D eigenvalue weighted by Gasteiger charge is 2.14. The fraction of sp³-hybridized carbons (Fsp3) is 0.500. The lowest BCUT2D eigenvalue weighted by Crippen LogP contribution is -2.42. The summed E-state index contributed by atoms with van der Waals surface area (Å²) in [7, 11) is 1.66. The molecule has 3 heteroatoms. The molecule has 0 fully saturated rings. The van der Waals surface area contributed by atoms with Gasteiger partial charge in [0, 0.05) is 12.1 Å². The van der Waals surface area contributed by atoms with E-state index in [0.717, 1.165) is 17.9 Å². The van der Waals surface area contributed by atoms with Gasteiger partial charge in [0.15, 0.2) is 0 Å². The van der Waals surface area contributed by atoms with Crippen molar-refractivity contribution in [3.05, 3.63) is 29.8 Å². The van der Waals surface area contributed by atoms with E-state index in [1.54, 1.807) is 7.11 Å². The first-order valence-corrected chi connectivity index (χ1v) is 5.06. The van der Waals surface area contributed by atoms with Gasteiger partial charge in [-0.3, -0.25) is 0 Å². The highest BCUT2D eigenvalue weighted by Crippen LogP contribution is 2.13. The molecule has 0 saturated heterocycles. The van der Waals surface area contributed by atoms with Crippen LogP contribution in [0.3, 0.4) is 0 Å². The Morgan fingerprint density at radius 1 is 1.40 bits per heavy atom. The van der Waals surface area contributed by atoms with Crippen LogP contribution < -0.4 is 10.1 Å². The Morgan fingerprint density at radius 2 is 2.13 bits per heavy atom. The lowest BCUT2D eigenvalue weighted by molar-refractivity contribution is 0.187. The predicted molar refractivity (Wildman–Crippen MR) is 61.0 cm³/mol. The van der Waals surface area contributed by atoms with Gasteiger partial charge in [0.05, 0.1) is 13.7 Å². The van der Waals surface area contributed by atoms with E-state index >= 15 is 0 Å². The fourth-order valence-corrected chi connectivity index (χ4v) is 1.18. The molecule has 0 radical (unpaired) electrons. The normalized spacial score (nSPS) is 11.5. The summed E-state index contributed by atoms with van der Waals surface area (Å²) < 4.78 is 5.14. The first-order chi connectivity index (χ1) is 7.07. The van der Waals surface area contributed by atoms with Gasteiger partial charge in [-0.15, -0.1) is 0 Å². The van der Waals surface area contributed by atoms with Crippen LogP contribution in [-0.2, 0) is 6.54 Å². The Balaban J connectivity index is 2.57. The van der Waals surface area contributed by atoms with Gasteiger partial charge in [-0.2, -0.15) is 0 Å². The number of hydrogen-bond donors (Lipinski definition) is 2. The van der Waals surface area contributed by atoms with Crippen molar-refractivity contribution >= 4 is 0 Å². The van der Waals surface area contributed by atoms with Gasteiger partial charge >= 0.3 is 0 Å². The van der Waals surface area contributed by atoms with Crippen molar-refractivity contribution < 1.29 is 9.84 Å². The minimum Gasteiger partial charge on any atom is -0.497 e. The molecule has 2 N–H and O–H groups in total. The molecule has 0 aliphatic rings. The van der Waals surface area contributed by atoms with Crippen LogP contribution in [0.5, 0.6) is 5.75 Å². The first kappa shape index (κ1) is 12.0. The topological polar surface area (TPSA) is 41.5 Å². The van der Waals surface area contributed by atoms with E-state index in [9.17, 15) is 0 Å². The van der Waals surface area contributed by atoms with Gasteiger partial charge in [0.25, 0.3) is 0 Å². The van der Waals surface area contributed by atoms with Crippen LogP contribution in [-0.4, -0.2) is 24.4 Å². The number of benzene rings is 1. The molecule has 0 saturated carbocycles. The largest absolute Gasteiger partial charge is 0.497 e. The zero-order valence-electron chi connectivity index (χ0n) is 9.58. The smallest absolute Gasteiger partial charge is 0.119 e. The number of hydrogen-bond acceptors (Lipinski definition) is 3. The lowest BCUT2D eigenvalue weighted by atomic mass is 10.1. The van der Waals surface area contributed by atoms with Crippen LogP contribution >= 0.6 is 0 Å². The molecule has 0 spiro atoms. The monoisotopic (exact) mass is 209 g/mol. The van der Waals surface area contributed by atoms with Crippen LogP contribution in [0.4, 0.5) is 0 Å². The summed E-state index contributed by atoms with van der Waals surface area (Å²) in [6.07, 6.45) is 0. The number of aliphatic hydroxyl groups excluding tert-OH is 1. The van der Waals surface area contributed by atoms with Crippen LogP contribution in [0.1, 0.15) is 19.4 Å². The summed E-state index contributed by atoms with van der Waals surface area (Å²) in [6, 6.07) is 7.89. The zero-order valence-corrected chi connectivity index (χ0v) is 9.58. The maximum atomic E-state index is 9.09. The third-order valence-corrected chi connectivity index (χ3v) is 2.30. The van der Waals surface area contributed by atoms with E-state index in [2.05, 4.69) is 5.32 Å². The summed E-state index contributed by atoms with van der Waals surface area (Å²) in [5, 5.41) is 12.4. The molecule has 0 aromatic heterocycles. The Kier molecular flexibility index (Phi) is 4.12. The molecule has 1 aromatic carbocycles. The second-order valence-electron chi connectivity index (χ2n) is 4.25. The van der Waals surface area contributed by atoms with Crippen molar-refractivity contribution in [2.45, 2.75) is 25.9 Å². The summed E-state index contributed by atoms with van der Waals surface area (Å²) in [4.78, 5) is 0. The molecule has 0 heterocycles. The predicted octanol–water partition coefficient (Wildman–Crippen LogP) is 1.56. The number of rotatable bonds is 5. The Bertz CT molecular complexity index is 310. The molecule has 1 aromatic rings. The maximum Gasteiger partial charge on any atom is 0.119 e. The summed E-state index contributed by atoms with van der Waals surface area (Å²) >= 11 is 0. The van der Waals surface area contributed by atoms with Gasteiger partial charge in [-0.1, -0.05) is 12.1 Å². The van der Waals surface area contributed by atoms with Crippen LogP contribution in [0.2, 0.25) is 0 Å². The van der Waals surface area contributed by atoms with Crippen LogP contribution in [0.25, 0.3) is 0 Å². The van der Waals surface area contributed by atoms with Crippen molar-refractivity contribution in [1.29, 1.82) is 0 Å². The Labute approximate surface area is 91.1 Å². The molecular formula is C12H19NO2. The zero-order chi connectivity index (χ0) is 11.3. The van der Waals surface area contributed by atoms with E-state index in [1.165, 1.54) is 0 Å². The quantitative estimate of drug-likeness (QED) is 0.773. The molecule has 0 atom stereocenters. The average molecular weight is 209 g/mol. The molecule has 3 nitrogen and oxygen atoms in total. The van der Waals surface area contributed by atoms with E-state index in [1.807, 2.05) is 38.1 Å². The highest BCUT2D eigenvalue weighted by molar-refractivity contribution is 5.28. The molecule has 0 aliphatic carbocycles. The molecule has 0 bridgehead atoms. The molecule has 15 heavy (non-hydrogen) atoms. The minimum absolute atomic E-state index is 0.122. The molecule has 1 rings (SSSR count). The molecule has 0 aliphatic heterocycles. The molecule has 84 valence electrons. The van der Waals surface area contributed by atoms with Crippen molar-refractivity contribution in [2.24, 2.45) is 0 Å². The Hall–Kier alpha value is -1.06. The lowest BCUT2D eigenvalue weighted by Gasteiger charge is -2.23. The number of ether oxygens (including phenoxy) is 1. The van der Waals surface area contributed by atoms with Gasteiger partial charge in [-0.05, 0) is 31.5 Å². The maximum absolute atomic E-state index is 9.09. The van der Waals surface area contributed by atoms with E-state index in [4.69, 9.17) is 9.84 Å². The molecule has 0 amide bonds. The third kappa shape index (κ3) is 3.90. The summed E-state index contributed by atoms with van der Waals surface area (Å²) in [5.41, 5.74) is 0.902. The fourth-order valence-electron chi connectivity index (χ4n) is 1.18. The van der Waals surface area contributed by atoms with Gasteiger partial charge < -0.3 is 15.2 Å². The molecule has 0 unspecified atom stereocenters. The third-order valence-electron chi connectivity index (χ3n) is 2.30. The second kappa shape index (κ2) is 5.14.